The van der Waals surface area contributed by atoms with Crippen LogP contribution in [0.25, 0.3) is 0 Å². The Kier molecular flexibility index (Phi) is 13.8. The molecular formula is C36H49N5O6S. The van der Waals surface area contributed by atoms with Gasteiger partial charge in [0.15, 0.2) is 0 Å². The highest BCUT2D eigenvalue weighted by Crippen LogP contribution is 2.29. The number of anilines is 1. The van der Waals surface area contributed by atoms with Gasteiger partial charge in [0, 0.05) is 43.8 Å². The van der Waals surface area contributed by atoms with Crippen molar-refractivity contribution in [2.24, 2.45) is 5.92 Å². The summed E-state index contributed by atoms with van der Waals surface area (Å²) in [5, 5.41) is 16.4. The number of amides is 3. The molecule has 260 valence electrons. The number of nitrogens with two attached hydrogens (primary N) is 1. The number of morpholine rings is 1. The minimum atomic E-state index is -3.88. The van der Waals surface area contributed by atoms with Gasteiger partial charge in [-0.2, -0.15) is 4.31 Å². The molecule has 1 saturated heterocycles. The summed E-state index contributed by atoms with van der Waals surface area (Å²) in [6, 6.07) is 23.5. The number of carbonyl (C=O) groups excluding carboxylic acids is 2. The van der Waals surface area contributed by atoms with Gasteiger partial charge in [0.05, 0.1) is 24.7 Å². The minimum absolute atomic E-state index is 0.0358. The average molecular weight is 680 g/mol. The molecule has 0 saturated carbocycles. The second-order valence-electron chi connectivity index (χ2n) is 12.5. The molecule has 0 unspecified atom stereocenters. The summed E-state index contributed by atoms with van der Waals surface area (Å²) in [5.41, 5.74) is 8.03. The van der Waals surface area contributed by atoms with Crippen LogP contribution in [0.1, 0.15) is 50.2 Å². The fourth-order valence-corrected chi connectivity index (χ4v) is 7.73. The molecule has 3 amide bonds. The second-order valence-corrected chi connectivity index (χ2v) is 14.4. The number of rotatable bonds is 16. The topological polar surface area (TPSA) is 154 Å². The maximum absolute atomic E-state index is 13.9. The Morgan fingerprint density at radius 3 is 2.04 bits per heavy atom. The highest BCUT2D eigenvalue weighted by atomic mass is 32.2. The molecule has 2 atom stereocenters. The summed E-state index contributed by atoms with van der Waals surface area (Å²) in [6.07, 6.45) is 1.51. The molecule has 48 heavy (non-hydrogen) atoms. The van der Waals surface area contributed by atoms with Crippen molar-refractivity contribution in [2.75, 3.05) is 51.7 Å². The lowest BCUT2D eigenvalue weighted by Gasteiger charge is -2.32. The maximum Gasteiger partial charge on any atom is 0.318 e. The monoisotopic (exact) mass is 679 g/mol. The van der Waals surface area contributed by atoms with Crippen LogP contribution in [0.4, 0.5) is 10.5 Å². The number of hydrogen-bond donors (Lipinski definition) is 4. The molecule has 0 spiro atoms. The van der Waals surface area contributed by atoms with Gasteiger partial charge in [0.1, 0.15) is 6.04 Å². The van der Waals surface area contributed by atoms with E-state index in [9.17, 15) is 23.1 Å². The van der Waals surface area contributed by atoms with E-state index in [1.165, 1.54) is 16.4 Å². The first kappa shape index (κ1) is 36.9. The number of unbranched alkanes of at least 4 members (excludes halogenated alkanes) is 1. The number of nitrogens with one attached hydrogen (secondary N) is 2. The van der Waals surface area contributed by atoms with E-state index < -0.39 is 28.0 Å². The van der Waals surface area contributed by atoms with E-state index in [4.69, 9.17) is 10.5 Å². The van der Waals surface area contributed by atoms with Gasteiger partial charge in [-0.1, -0.05) is 80.9 Å². The number of nitrogen functional groups attached to an aromatic ring is 1. The van der Waals surface area contributed by atoms with E-state index >= 15 is 0 Å². The van der Waals surface area contributed by atoms with Crippen LogP contribution in [-0.4, -0.2) is 92.8 Å². The maximum atomic E-state index is 13.9. The third kappa shape index (κ3) is 10.0. The molecule has 1 aliphatic rings. The Morgan fingerprint density at radius 2 is 1.50 bits per heavy atom. The molecule has 4 rings (SSSR count). The van der Waals surface area contributed by atoms with Gasteiger partial charge in [-0.25, -0.2) is 13.2 Å². The van der Waals surface area contributed by atoms with E-state index in [2.05, 4.69) is 10.6 Å². The van der Waals surface area contributed by atoms with Crippen molar-refractivity contribution in [3.63, 3.8) is 0 Å². The first-order valence-corrected chi connectivity index (χ1v) is 18.0. The molecule has 12 heteroatoms. The predicted molar refractivity (Wildman–Crippen MR) is 187 cm³/mol. The zero-order valence-corrected chi connectivity index (χ0v) is 28.6. The molecule has 0 aromatic heterocycles. The smallest absolute Gasteiger partial charge is 0.318 e. The molecule has 1 aliphatic heterocycles. The van der Waals surface area contributed by atoms with E-state index in [0.717, 1.165) is 11.1 Å². The fraction of sp³-hybridized carbons (Fsp3) is 0.444. The van der Waals surface area contributed by atoms with Gasteiger partial charge in [-0.05, 0) is 54.2 Å². The van der Waals surface area contributed by atoms with Crippen LogP contribution >= 0.6 is 0 Å². The predicted octanol–water partition coefficient (Wildman–Crippen LogP) is 3.81. The third-order valence-corrected chi connectivity index (χ3v) is 10.4. The quantitative estimate of drug-likeness (QED) is 0.133. The van der Waals surface area contributed by atoms with E-state index in [1.54, 1.807) is 17.0 Å². The van der Waals surface area contributed by atoms with Crippen molar-refractivity contribution in [3.8, 4) is 0 Å². The zero-order chi connectivity index (χ0) is 34.5. The molecule has 5 N–H and O–H groups in total. The highest BCUT2D eigenvalue weighted by molar-refractivity contribution is 7.89. The van der Waals surface area contributed by atoms with Gasteiger partial charge in [0.2, 0.25) is 15.9 Å². The number of aliphatic hydroxyl groups excluding tert-OH is 1. The number of urea groups is 1. The van der Waals surface area contributed by atoms with Crippen molar-refractivity contribution in [3.05, 3.63) is 96.1 Å². The molecule has 11 nitrogen and oxygen atoms in total. The first-order valence-electron chi connectivity index (χ1n) is 16.6. The van der Waals surface area contributed by atoms with Gasteiger partial charge in [-0.15, -0.1) is 0 Å². The Labute approximate surface area is 284 Å². The van der Waals surface area contributed by atoms with Crippen molar-refractivity contribution in [1.29, 1.82) is 0 Å². The van der Waals surface area contributed by atoms with Crippen LogP contribution in [0.5, 0.6) is 0 Å². The van der Waals surface area contributed by atoms with Crippen molar-refractivity contribution < 1.29 is 27.9 Å². The fourth-order valence-electron chi connectivity index (χ4n) is 5.92. The molecule has 1 fully saturated rings. The van der Waals surface area contributed by atoms with Crippen LogP contribution in [0, 0.1) is 5.92 Å². The first-order chi connectivity index (χ1) is 23.1. The summed E-state index contributed by atoms with van der Waals surface area (Å²) in [4.78, 5) is 29.1. The summed E-state index contributed by atoms with van der Waals surface area (Å²) in [7, 11) is -3.88. The van der Waals surface area contributed by atoms with Gasteiger partial charge in [-0.3, -0.25) is 4.79 Å². The lowest BCUT2D eigenvalue weighted by atomic mass is 9.84. The van der Waals surface area contributed by atoms with Crippen LogP contribution in [0.15, 0.2) is 89.8 Å². The largest absolute Gasteiger partial charge is 0.399 e. The molecule has 0 radical (unpaired) electrons. The van der Waals surface area contributed by atoms with Gasteiger partial charge in [0.25, 0.3) is 0 Å². The van der Waals surface area contributed by atoms with E-state index in [0.29, 0.717) is 57.8 Å². The lowest BCUT2D eigenvalue weighted by molar-refractivity contribution is -0.123. The van der Waals surface area contributed by atoms with E-state index in [1.807, 2.05) is 74.5 Å². The summed E-state index contributed by atoms with van der Waals surface area (Å²) in [5.74, 6) is -0.728. The Bertz CT molecular complexity index is 1490. The normalized spacial score (nSPS) is 15.0. The number of carbonyl (C=O) groups is 2. The average Bonchev–Trinajstić information content (AvgIpc) is 3.10. The number of hydrogen-bond acceptors (Lipinski definition) is 7. The highest BCUT2D eigenvalue weighted by Gasteiger charge is 2.34. The second kappa shape index (κ2) is 18.0. The molecular weight excluding hydrogens is 630 g/mol. The number of nitrogens with zero attached hydrogens (tertiary/aromatic N) is 2. The molecule has 1 heterocycles. The zero-order valence-electron chi connectivity index (χ0n) is 27.8. The lowest BCUT2D eigenvalue weighted by Crippen LogP contribution is -2.55. The molecule has 3 aromatic carbocycles. The van der Waals surface area contributed by atoms with Gasteiger partial charge >= 0.3 is 6.03 Å². The standard InChI is InChI=1S/C36H49N5O6S/c1-27(2)25-41(48(45,46)32-18-16-30(37)17-19-32)31(26-42)15-9-10-20-38-35(43)34(39-36(44)40-21-23-47-24-22-40)33(28-11-5-3-6-12-28)29-13-7-4-8-14-29/h3-8,11-14,16-19,27,31,33-34,42H,9-10,15,20-26,37H2,1-2H3,(H,38,43)(H,39,44)/t31-,34-/m0/s1. The summed E-state index contributed by atoms with van der Waals surface area (Å²) >= 11 is 0. The number of sulfonamides is 1. The van der Waals surface area contributed by atoms with Crippen molar-refractivity contribution >= 4 is 27.6 Å². The number of ether oxygens (including phenoxy) is 1. The molecule has 0 bridgehead atoms. The summed E-state index contributed by atoms with van der Waals surface area (Å²) < 4.78 is 34.0. The van der Waals surface area contributed by atoms with Crippen molar-refractivity contribution in [1.82, 2.24) is 19.8 Å². The van der Waals surface area contributed by atoms with Crippen LogP contribution in [0.3, 0.4) is 0 Å². The SMILES string of the molecule is CC(C)CN([C@H](CO)CCCCNC(=O)[C@@H](NC(=O)N1CCOCC1)C(c1ccccc1)c1ccccc1)S(=O)(=O)c1ccc(N)cc1. The van der Waals surface area contributed by atoms with Crippen LogP contribution in [-0.2, 0) is 19.6 Å². The molecule has 0 aliphatic carbocycles. The van der Waals surface area contributed by atoms with Crippen LogP contribution < -0.4 is 16.4 Å². The summed E-state index contributed by atoms with van der Waals surface area (Å²) in [6.45, 7) is 5.85. The van der Waals surface area contributed by atoms with E-state index in [-0.39, 0.29) is 35.9 Å². The Hall–Kier alpha value is -3.97. The number of aliphatic hydroxyl groups is 1. The van der Waals surface area contributed by atoms with Crippen LogP contribution in [0.2, 0.25) is 0 Å². The Morgan fingerprint density at radius 1 is 0.917 bits per heavy atom. The minimum Gasteiger partial charge on any atom is -0.399 e. The number of benzene rings is 3. The molecule has 3 aromatic rings. The Balaban J connectivity index is 1.46. The van der Waals surface area contributed by atoms with Crippen molar-refractivity contribution in [2.45, 2.75) is 56.0 Å². The third-order valence-electron chi connectivity index (χ3n) is 8.42. The van der Waals surface area contributed by atoms with Gasteiger partial charge < -0.3 is 31.1 Å².